The van der Waals surface area contributed by atoms with Crippen molar-refractivity contribution < 1.29 is 9.53 Å². The summed E-state index contributed by atoms with van der Waals surface area (Å²) < 4.78 is 5.42. The first-order valence-corrected chi connectivity index (χ1v) is 7.11. The molecule has 0 saturated carbocycles. The minimum atomic E-state index is -0.286. The molecular formula is C17H32O2. The van der Waals surface area contributed by atoms with E-state index in [2.05, 4.69) is 55.0 Å². The molecule has 0 saturated heterocycles. The Morgan fingerprint density at radius 3 is 1.79 bits per heavy atom. The van der Waals surface area contributed by atoms with Crippen molar-refractivity contribution in [2.24, 2.45) is 16.2 Å². The van der Waals surface area contributed by atoms with Crippen LogP contribution in [0.5, 0.6) is 0 Å². The number of carbonyl (C=O) groups excluding carboxylic acids is 1. The summed E-state index contributed by atoms with van der Waals surface area (Å²) in [5, 5.41) is 0. The summed E-state index contributed by atoms with van der Waals surface area (Å²) in [6, 6.07) is 0. The summed E-state index contributed by atoms with van der Waals surface area (Å²) in [5.74, 6) is -0.286. The lowest BCUT2D eigenvalue weighted by atomic mass is 9.64. The summed E-state index contributed by atoms with van der Waals surface area (Å²) in [5.41, 5.74) is 0.830. The lowest BCUT2D eigenvalue weighted by molar-refractivity contribution is -0.145. The summed E-state index contributed by atoms with van der Waals surface area (Å²) in [7, 11) is 0. The quantitative estimate of drug-likeness (QED) is 0.519. The average molecular weight is 268 g/mol. The van der Waals surface area contributed by atoms with Crippen LogP contribution in [-0.4, -0.2) is 12.6 Å². The second-order valence-electron chi connectivity index (χ2n) is 8.23. The zero-order valence-corrected chi connectivity index (χ0v) is 14.1. The topological polar surface area (TPSA) is 26.3 Å². The summed E-state index contributed by atoms with van der Waals surface area (Å²) >= 11 is 0. The Bertz CT molecular complexity index is 328. The Morgan fingerprint density at radius 1 is 1.00 bits per heavy atom. The van der Waals surface area contributed by atoms with E-state index in [1.54, 1.807) is 6.92 Å². The van der Waals surface area contributed by atoms with Gasteiger partial charge in [-0.25, -0.2) is 4.79 Å². The Labute approximate surface area is 119 Å². The van der Waals surface area contributed by atoms with E-state index >= 15 is 0 Å². The van der Waals surface area contributed by atoms with E-state index in [0.29, 0.717) is 17.6 Å². The first kappa shape index (κ1) is 18.2. The molecule has 0 rings (SSSR count). The molecule has 0 bridgehead atoms. The molecule has 0 amide bonds. The Morgan fingerprint density at radius 2 is 1.47 bits per heavy atom. The van der Waals surface area contributed by atoms with Crippen molar-refractivity contribution in [2.45, 2.75) is 68.2 Å². The molecule has 0 spiro atoms. The van der Waals surface area contributed by atoms with Gasteiger partial charge in [-0.1, -0.05) is 55.0 Å². The van der Waals surface area contributed by atoms with Gasteiger partial charge in [0.25, 0.3) is 0 Å². The van der Waals surface area contributed by atoms with Crippen molar-refractivity contribution in [3.63, 3.8) is 0 Å². The van der Waals surface area contributed by atoms with Crippen molar-refractivity contribution in [3.05, 3.63) is 12.2 Å². The molecule has 1 unspecified atom stereocenters. The van der Waals surface area contributed by atoms with Gasteiger partial charge < -0.3 is 4.74 Å². The van der Waals surface area contributed by atoms with Crippen LogP contribution in [0, 0.1) is 16.2 Å². The molecule has 0 aromatic rings. The first-order chi connectivity index (χ1) is 8.28. The Balaban J connectivity index is 4.81. The van der Waals surface area contributed by atoms with E-state index in [9.17, 15) is 4.79 Å². The van der Waals surface area contributed by atoms with Crippen LogP contribution in [0.4, 0.5) is 0 Å². The second kappa shape index (κ2) is 6.11. The maximum Gasteiger partial charge on any atom is 0.333 e. The fourth-order valence-electron chi connectivity index (χ4n) is 1.66. The van der Waals surface area contributed by atoms with E-state index in [-0.39, 0.29) is 16.8 Å². The molecule has 2 heteroatoms. The van der Waals surface area contributed by atoms with Crippen molar-refractivity contribution >= 4 is 5.97 Å². The third kappa shape index (κ3) is 6.26. The number of hydrogen-bond donors (Lipinski definition) is 0. The van der Waals surface area contributed by atoms with Gasteiger partial charge >= 0.3 is 5.97 Å². The van der Waals surface area contributed by atoms with E-state index in [1.165, 1.54) is 0 Å². The minimum absolute atomic E-state index is 0.0224. The highest BCUT2D eigenvalue weighted by Crippen LogP contribution is 2.44. The van der Waals surface area contributed by atoms with E-state index in [1.807, 2.05) is 0 Å². The van der Waals surface area contributed by atoms with Crippen LogP contribution in [0.1, 0.15) is 68.2 Å². The Kier molecular flexibility index (Phi) is 5.85. The van der Waals surface area contributed by atoms with Gasteiger partial charge in [0, 0.05) is 11.0 Å². The van der Waals surface area contributed by atoms with Crippen LogP contribution in [0.25, 0.3) is 0 Å². The molecule has 0 N–H and O–H groups in total. The molecule has 0 fully saturated rings. The van der Waals surface area contributed by atoms with Gasteiger partial charge in [-0.15, -0.1) is 0 Å². The fraction of sp³-hybridized carbons (Fsp3) is 0.824. The van der Waals surface area contributed by atoms with E-state index in [4.69, 9.17) is 4.74 Å². The van der Waals surface area contributed by atoms with Gasteiger partial charge in [0.05, 0.1) is 6.61 Å². The largest absolute Gasteiger partial charge is 0.462 e. The predicted molar refractivity (Wildman–Crippen MR) is 82.0 cm³/mol. The lowest BCUT2D eigenvalue weighted by Gasteiger charge is -2.43. The molecule has 1 atom stereocenters. The van der Waals surface area contributed by atoms with Crippen LogP contribution < -0.4 is 0 Å². The smallest absolute Gasteiger partial charge is 0.333 e. The monoisotopic (exact) mass is 268 g/mol. The van der Waals surface area contributed by atoms with Crippen molar-refractivity contribution in [3.8, 4) is 0 Å². The number of ether oxygens (including phenoxy) is 1. The maximum absolute atomic E-state index is 11.6. The van der Waals surface area contributed by atoms with Gasteiger partial charge in [0.15, 0.2) is 0 Å². The third-order valence-electron chi connectivity index (χ3n) is 4.11. The second-order valence-corrected chi connectivity index (χ2v) is 8.23. The Hall–Kier alpha value is -0.790. The molecule has 0 aliphatic carbocycles. The highest BCUT2D eigenvalue weighted by atomic mass is 16.5. The third-order valence-corrected chi connectivity index (χ3v) is 4.11. The summed E-state index contributed by atoms with van der Waals surface area (Å²) in [4.78, 5) is 11.6. The van der Waals surface area contributed by atoms with Crippen LogP contribution in [0.3, 0.4) is 0 Å². The van der Waals surface area contributed by atoms with Gasteiger partial charge in [-0.2, -0.15) is 0 Å². The molecule has 0 radical (unpaired) electrons. The number of rotatable bonds is 5. The molecule has 112 valence electrons. The molecule has 0 heterocycles. The van der Waals surface area contributed by atoms with Crippen molar-refractivity contribution in [1.29, 1.82) is 0 Å². The van der Waals surface area contributed by atoms with Gasteiger partial charge in [-0.3, -0.25) is 0 Å². The zero-order valence-electron chi connectivity index (χ0n) is 14.1. The molecule has 0 aliphatic rings. The van der Waals surface area contributed by atoms with E-state index in [0.717, 1.165) is 12.8 Å². The van der Waals surface area contributed by atoms with Gasteiger partial charge in [0.2, 0.25) is 0 Å². The number of esters is 1. The van der Waals surface area contributed by atoms with Gasteiger partial charge in [0.1, 0.15) is 0 Å². The fourth-order valence-corrected chi connectivity index (χ4v) is 1.66. The maximum atomic E-state index is 11.6. The number of hydrogen-bond acceptors (Lipinski definition) is 2. The predicted octanol–water partition coefficient (Wildman–Crippen LogP) is 4.98. The van der Waals surface area contributed by atoms with Crippen molar-refractivity contribution in [1.82, 2.24) is 0 Å². The average Bonchev–Trinajstić information content (AvgIpc) is 2.20. The summed E-state index contributed by atoms with van der Waals surface area (Å²) in [6.07, 6.45) is 2.16. The van der Waals surface area contributed by atoms with Crippen LogP contribution in [0.15, 0.2) is 12.2 Å². The molecule has 2 nitrogen and oxygen atoms in total. The summed E-state index contributed by atoms with van der Waals surface area (Å²) in [6.45, 7) is 21.4. The highest BCUT2D eigenvalue weighted by Gasteiger charge is 2.39. The molecular weight excluding hydrogens is 236 g/mol. The minimum Gasteiger partial charge on any atom is -0.462 e. The molecule has 0 aromatic heterocycles. The first-order valence-electron chi connectivity index (χ1n) is 7.11. The van der Waals surface area contributed by atoms with Crippen molar-refractivity contribution in [2.75, 3.05) is 6.61 Å². The van der Waals surface area contributed by atoms with Crippen LogP contribution in [-0.2, 0) is 9.53 Å². The van der Waals surface area contributed by atoms with Crippen LogP contribution >= 0.6 is 0 Å². The lowest BCUT2D eigenvalue weighted by Crippen LogP contribution is -2.39. The van der Waals surface area contributed by atoms with E-state index < -0.39 is 0 Å². The van der Waals surface area contributed by atoms with Crippen LogP contribution in [0.2, 0.25) is 0 Å². The molecule has 0 aliphatic heterocycles. The normalized spacial score (nSPS) is 15.8. The van der Waals surface area contributed by atoms with Gasteiger partial charge in [-0.05, 0) is 30.6 Å². The molecule has 0 aromatic carbocycles. The zero-order chi connectivity index (χ0) is 15.5. The number of carbonyl (C=O) groups is 1. The highest BCUT2D eigenvalue weighted by molar-refractivity contribution is 5.86. The standard InChI is InChI=1S/C17H32O2/c1-13(2)14(18)19-12-17(9,16(6,7)8)11-10-15(3,4)5/h1,10-12H2,2-9H3. The molecule has 19 heavy (non-hydrogen) atoms. The SMILES string of the molecule is C=C(C)C(=O)OCC(C)(CCC(C)(C)C)C(C)(C)C.